The molecule has 62 valence electrons. The van der Waals surface area contributed by atoms with Gasteiger partial charge in [0.1, 0.15) is 10.7 Å². The van der Waals surface area contributed by atoms with Crippen LogP contribution in [0, 0.1) is 10.5 Å². The molecule has 1 N–H and O–H groups in total. The van der Waals surface area contributed by atoms with Crippen molar-refractivity contribution in [3.8, 4) is 0 Å². The second kappa shape index (κ2) is 2.88. The fraction of sp³-hybridized carbons (Fsp3) is 0.125. The first-order chi connectivity index (χ1) is 5.68. The molecule has 0 aromatic carbocycles. The van der Waals surface area contributed by atoms with Gasteiger partial charge in [-0.3, -0.25) is 0 Å². The van der Waals surface area contributed by atoms with Crippen molar-refractivity contribution in [2.24, 2.45) is 0 Å². The summed E-state index contributed by atoms with van der Waals surface area (Å²) in [5.74, 6) is 0. The van der Waals surface area contributed by atoms with Gasteiger partial charge in [-0.1, -0.05) is 11.6 Å². The molecule has 0 unspecified atom stereocenters. The zero-order chi connectivity index (χ0) is 8.72. The molecule has 0 atom stereocenters. The Kier molecular flexibility index (Phi) is 2.00. The van der Waals surface area contributed by atoms with Gasteiger partial charge in [0.25, 0.3) is 0 Å². The molecule has 0 spiro atoms. The van der Waals surface area contributed by atoms with Crippen LogP contribution in [0.15, 0.2) is 12.3 Å². The summed E-state index contributed by atoms with van der Waals surface area (Å²) in [6.07, 6.45) is 1.93. The second-order valence-electron chi connectivity index (χ2n) is 2.62. The molecule has 0 amide bonds. The van der Waals surface area contributed by atoms with Gasteiger partial charge in [0.15, 0.2) is 0 Å². The summed E-state index contributed by atoms with van der Waals surface area (Å²) < 4.78 is 1.10. The van der Waals surface area contributed by atoms with Gasteiger partial charge in [0.2, 0.25) is 0 Å². The molecule has 2 rings (SSSR count). The second-order valence-corrected chi connectivity index (χ2v) is 4.17. The summed E-state index contributed by atoms with van der Waals surface area (Å²) in [4.78, 5) is 7.38. The molecule has 2 aromatic rings. The monoisotopic (exact) mass is 292 g/mol. The van der Waals surface area contributed by atoms with Gasteiger partial charge in [-0.05, 0) is 41.1 Å². The maximum Gasteiger partial charge on any atom is 0.130 e. The van der Waals surface area contributed by atoms with Crippen LogP contribution in [0.25, 0.3) is 11.0 Å². The van der Waals surface area contributed by atoms with Crippen molar-refractivity contribution in [1.29, 1.82) is 0 Å². The first-order valence-electron chi connectivity index (χ1n) is 3.48. The van der Waals surface area contributed by atoms with Gasteiger partial charge in [-0.2, -0.15) is 0 Å². The van der Waals surface area contributed by atoms with E-state index in [0.717, 1.165) is 20.2 Å². The number of hydrogen-bond acceptors (Lipinski definition) is 1. The van der Waals surface area contributed by atoms with Crippen LogP contribution in [0.1, 0.15) is 5.56 Å². The lowest BCUT2D eigenvalue weighted by molar-refractivity contribution is 1.35. The molecule has 2 heterocycles. The van der Waals surface area contributed by atoms with E-state index >= 15 is 0 Å². The van der Waals surface area contributed by atoms with E-state index in [1.54, 1.807) is 0 Å². The predicted molar refractivity (Wildman–Crippen MR) is 58.6 cm³/mol. The number of halogens is 2. The van der Waals surface area contributed by atoms with Gasteiger partial charge in [-0.25, -0.2) is 4.98 Å². The molecule has 0 saturated carbocycles. The Morgan fingerprint density at radius 2 is 2.33 bits per heavy atom. The Bertz CT molecular complexity index is 436. The Morgan fingerprint density at radius 3 is 3.08 bits per heavy atom. The van der Waals surface area contributed by atoms with E-state index in [-0.39, 0.29) is 0 Å². The van der Waals surface area contributed by atoms with Crippen LogP contribution in [0.2, 0.25) is 5.15 Å². The molecule has 0 fully saturated rings. The molecule has 0 bridgehead atoms. The van der Waals surface area contributed by atoms with Crippen molar-refractivity contribution in [2.45, 2.75) is 6.92 Å². The van der Waals surface area contributed by atoms with Crippen molar-refractivity contribution in [3.63, 3.8) is 0 Å². The zero-order valence-corrected chi connectivity index (χ0v) is 9.27. The van der Waals surface area contributed by atoms with Crippen molar-refractivity contribution in [3.05, 3.63) is 26.5 Å². The van der Waals surface area contributed by atoms with Crippen molar-refractivity contribution < 1.29 is 0 Å². The molecule has 2 nitrogen and oxygen atoms in total. The van der Waals surface area contributed by atoms with Gasteiger partial charge < -0.3 is 4.98 Å². The van der Waals surface area contributed by atoms with E-state index < -0.39 is 0 Å². The molecular weight excluding hydrogens is 286 g/mol. The van der Waals surface area contributed by atoms with Gasteiger partial charge >= 0.3 is 0 Å². The third kappa shape index (κ3) is 1.21. The van der Waals surface area contributed by atoms with Crippen molar-refractivity contribution in [1.82, 2.24) is 9.97 Å². The normalized spacial score (nSPS) is 10.9. The van der Waals surface area contributed by atoms with Gasteiger partial charge in [-0.15, -0.1) is 0 Å². The van der Waals surface area contributed by atoms with Crippen LogP contribution in [-0.2, 0) is 0 Å². The average Bonchev–Trinajstić information content (AvgIpc) is 2.33. The Balaban J connectivity index is 2.92. The van der Waals surface area contributed by atoms with E-state index in [9.17, 15) is 0 Å². The van der Waals surface area contributed by atoms with Crippen LogP contribution >= 0.6 is 34.2 Å². The minimum atomic E-state index is 0.553. The highest BCUT2D eigenvalue weighted by atomic mass is 127. The zero-order valence-electron chi connectivity index (χ0n) is 6.36. The molecule has 0 aliphatic rings. The first-order valence-corrected chi connectivity index (χ1v) is 4.94. The third-order valence-corrected chi connectivity index (χ3v) is 2.77. The summed E-state index contributed by atoms with van der Waals surface area (Å²) >= 11 is 8.06. The Morgan fingerprint density at radius 1 is 1.58 bits per heavy atom. The summed E-state index contributed by atoms with van der Waals surface area (Å²) in [5, 5.41) is 0.553. The topological polar surface area (TPSA) is 28.7 Å². The highest BCUT2D eigenvalue weighted by molar-refractivity contribution is 14.1. The average molecular weight is 293 g/mol. The SMILES string of the molecule is Cc1cc(Cl)nc2c(I)c[nH]c12. The molecule has 0 aliphatic heterocycles. The van der Waals surface area contributed by atoms with Crippen molar-refractivity contribution >= 4 is 45.2 Å². The van der Waals surface area contributed by atoms with Crippen LogP contribution in [0.5, 0.6) is 0 Å². The van der Waals surface area contributed by atoms with Crippen molar-refractivity contribution in [2.75, 3.05) is 0 Å². The number of H-pyrrole nitrogens is 1. The number of aromatic nitrogens is 2. The number of nitrogens with one attached hydrogen (secondary N) is 1. The summed E-state index contributed by atoms with van der Waals surface area (Å²) in [7, 11) is 0. The van der Waals surface area contributed by atoms with E-state index in [1.807, 2.05) is 19.2 Å². The number of aryl methyl sites for hydroxylation is 1. The Labute approximate surface area is 88.5 Å². The highest BCUT2D eigenvalue weighted by Gasteiger charge is 2.05. The Hall–Kier alpha value is -0.290. The maximum absolute atomic E-state index is 5.82. The summed E-state index contributed by atoms with van der Waals surface area (Å²) in [6, 6.07) is 1.86. The van der Waals surface area contributed by atoms with Crippen LogP contribution in [0.3, 0.4) is 0 Å². The molecule has 0 saturated heterocycles. The van der Waals surface area contributed by atoms with E-state index in [4.69, 9.17) is 11.6 Å². The van der Waals surface area contributed by atoms with Crippen LogP contribution in [0.4, 0.5) is 0 Å². The predicted octanol–water partition coefficient (Wildman–Crippen LogP) is 3.13. The van der Waals surface area contributed by atoms with E-state index in [2.05, 4.69) is 32.6 Å². The van der Waals surface area contributed by atoms with Gasteiger partial charge in [0, 0.05) is 6.20 Å². The third-order valence-electron chi connectivity index (χ3n) is 1.75. The fourth-order valence-electron chi connectivity index (χ4n) is 1.19. The first kappa shape index (κ1) is 8.31. The van der Waals surface area contributed by atoms with E-state index in [0.29, 0.717) is 5.15 Å². The lowest BCUT2D eigenvalue weighted by Gasteiger charge is -1.96. The number of hydrogen-bond donors (Lipinski definition) is 1. The minimum Gasteiger partial charge on any atom is -0.359 e. The fourth-order valence-corrected chi connectivity index (χ4v) is 1.99. The number of pyridine rings is 1. The van der Waals surface area contributed by atoms with Gasteiger partial charge in [0.05, 0.1) is 9.09 Å². The number of nitrogens with zero attached hydrogens (tertiary/aromatic N) is 1. The molecule has 0 aliphatic carbocycles. The molecule has 2 aromatic heterocycles. The van der Waals surface area contributed by atoms with Crippen LogP contribution < -0.4 is 0 Å². The van der Waals surface area contributed by atoms with E-state index in [1.165, 1.54) is 0 Å². The smallest absolute Gasteiger partial charge is 0.130 e. The summed E-state index contributed by atoms with van der Waals surface area (Å²) in [5.41, 5.74) is 3.16. The highest BCUT2D eigenvalue weighted by Crippen LogP contribution is 2.23. The number of rotatable bonds is 0. The molecule has 0 radical (unpaired) electrons. The quantitative estimate of drug-likeness (QED) is 0.586. The lowest BCUT2D eigenvalue weighted by Crippen LogP contribution is -1.82. The van der Waals surface area contributed by atoms with Crippen LogP contribution in [-0.4, -0.2) is 9.97 Å². The maximum atomic E-state index is 5.82. The largest absolute Gasteiger partial charge is 0.359 e. The minimum absolute atomic E-state index is 0.553. The standard InChI is InChI=1S/C8H6ClIN2/c1-4-2-6(9)12-8-5(10)3-11-7(4)8/h2-3,11H,1H3. The molecule has 4 heteroatoms. The molecular formula is C8H6ClIN2. The number of fused-ring (bicyclic) bond motifs is 1. The number of aromatic amines is 1. The summed E-state index contributed by atoms with van der Waals surface area (Å²) in [6.45, 7) is 2.02. The molecule has 12 heavy (non-hydrogen) atoms. The lowest BCUT2D eigenvalue weighted by atomic mass is 10.2.